The van der Waals surface area contributed by atoms with Gasteiger partial charge in [-0.05, 0) is 31.0 Å². The maximum Gasteiger partial charge on any atom is 0.239 e. The molecule has 1 amide bonds. The molecule has 0 radical (unpaired) electrons. The number of hydrogen-bond donors (Lipinski definition) is 1. The molecule has 1 aromatic carbocycles. The van der Waals surface area contributed by atoms with Crippen LogP contribution in [-0.4, -0.2) is 42.3 Å². The second kappa shape index (κ2) is 8.27. The Labute approximate surface area is 157 Å². The van der Waals surface area contributed by atoms with Crippen LogP contribution in [0.1, 0.15) is 25.8 Å². The maximum atomic E-state index is 12.7. The topological polar surface area (TPSA) is 66.5 Å². The monoisotopic (exact) mass is 410 g/mol. The molecule has 2 unspecified atom stereocenters. The first-order valence-corrected chi connectivity index (χ1v) is 11.1. The van der Waals surface area contributed by atoms with Crippen molar-refractivity contribution in [3.63, 3.8) is 0 Å². The van der Waals surface area contributed by atoms with Gasteiger partial charge < -0.3 is 5.32 Å². The van der Waals surface area contributed by atoms with Crippen LogP contribution in [0.15, 0.2) is 18.2 Å². The summed E-state index contributed by atoms with van der Waals surface area (Å²) < 4.78 is 26.7. The molecule has 1 saturated heterocycles. The summed E-state index contributed by atoms with van der Waals surface area (Å²) in [6.45, 7) is 3.86. The molecule has 1 fully saturated rings. The lowest BCUT2D eigenvalue weighted by Gasteiger charge is -2.24. The fourth-order valence-electron chi connectivity index (χ4n) is 2.27. The molecule has 2 rings (SSSR count). The number of rotatable bonds is 6. The number of nitrogens with zero attached hydrogens (tertiary/aromatic N) is 1. The van der Waals surface area contributed by atoms with Crippen molar-refractivity contribution in [1.29, 1.82) is 0 Å². The molecule has 134 valence electrons. The Kier molecular flexibility index (Phi) is 6.84. The second-order valence-corrected chi connectivity index (χ2v) is 9.46. The number of thioether (sulfide) groups is 1. The van der Waals surface area contributed by atoms with Crippen LogP contribution in [0, 0.1) is 0 Å². The highest BCUT2D eigenvalue weighted by molar-refractivity contribution is 8.00. The lowest BCUT2D eigenvalue weighted by Crippen LogP contribution is -2.49. The van der Waals surface area contributed by atoms with Crippen molar-refractivity contribution in [3.8, 4) is 0 Å². The van der Waals surface area contributed by atoms with Crippen LogP contribution >= 0.6 is 35.0 Å². The van der Waals surface area contributed by atoms with Crippen molar-refractivity contribution in [2.45, 2.75) is 38.1 Å². The van der Waals surface area contributed by atoms with E-state index in [0.717, 1.165) is 6.42 Å². The Morgan fingerprint density at radius 1 is 1.42 bits per heavy atom. The van der Waals surface area contributed by atoms with Gasteiger partial charge in [-0.1, -0.05) is 36.2 Å². The summed E-state index contributed by atoms with van der Waals surface area (Å²) in [5, 5.41) is 3.54. The Bertz CT molecular complexity index is 713. The fraction of sp³-hybridized carbons (Fsp3) is 0.533. The van der Waals surface area contributed by atoms with E-state index in [0.29, 0.717) is 21.4 Å². The van der Waals surface area contributed by atoms with Crippen LogP contribution in [0.5, 0.6) is 0 Å². The molecule has 5 nitrogen and oxygen atoms in total. The van der Waals surface area contributed by atoms with E-state index in [1.54, 1.807) is 18.2 Å². The van der Waals surface area contributed by atoms with Gasteiger partial charge >= 0.3 is 0 Å². The minimum atomic E-state index is -3.63. The van der Waals surface area contributed by atoms with Gasteiger partial charge in [-0.3, -0.25) is 4.79 Å². The summed E-state index contributed by atoms with van der Waals surface area (Å²) in [6.07, 6.45) is 0.793. The first kappa shape index (κ1) is 19.8. The van der Waals surface area contributed by atoms with E-state index >= 15 is 0 Å². The number of halogens is 2. The van der Waals surface area contributed by atoms with Gasteiger partial charge in [0.25, 0.3) is 0 Å². The highest BCUT2D eigenvalue weighted by atomic mass is 35.5. The van der Waals surface area contributed by atoms with Gasteiger partial charge in [-0.15, -0.1) is 11.8 Å². The molecule has 1 aliphatic heterocycles. The standard InChI is InChI=1S/C15H20Cl2N2O3S2/c1-3-10(2)18-15(20)14-7-23-9-19(14)24(21,22)8-11-4-5-12(16)13(17)6-11/h4-6,10,14H,3,7-9H2,1-2H3,(H,18,20). The Balaban J connectivity index is 2.14. The van der Waals surface area contributed by atoms with Crippen LogP contribution in [0.2, 0.25) is 10.0 Å². The van der Waals surface area contributed by atoms with Gasteiger partial charge in [0, 0.05) is 11.8 Å². The summed E-state index contributed by atoms with van der Waals surface area (Å²) in [6, 6.07) is 4.09. The Morgan fingerprint density at radius 3 is 2.75 bits per heavy atom. The van der Waals surface area contributed by atoms with Gasteiger partial charge in [-0.2, -0.15) is 4.31 Å². The molecule has 0 bridgehead atoms. The SMILES string of the molecule is CCC(C)NC(=O)C1CSCN1S(=O)(=O)Cc1ccc(Cl)c(Cl)c1. The lowest BCUT2D eigenvalue weighted by molar-refractivity contribution is -0.124. The molecule has 1 aromatic rings. The van der Waals surface area contributed by atoms with Gasteiger partial charge in [0.15, 0.2) is 0 Å². The van der Waals surface area contributed by atoms with Crippen LogP contribution in [0.3, 0.4) is 0 Å². The third-order valence-corrected chi connectivity index (χ3v) is 7.55. The Morgan fingerprint density at radius 2 is 2.12 bits per heavy atom. The third-order valence-electron chi connectivity index (χ3n) is 3.84. The smallest absolute Gasteiger partial charge is 0.239 e. The number of carbonyl (C=O) groups excluding carboxylic acids is 1. The van der Waals surface area contributed by atoms with Crippen molar-refractivity contribution in [1.82, 2.24) is 9.62 Å². The predicted molar refractivity (Wildman–Crippen MR) is 99.9 cm³/mol. The lowest BCUT2D eigenvalue weighted by atomic mass is 10.2. The summed E-state index contributed by atoms with van der Waals surface area (Å²) in [4.78, 5) is 12.4. The van der Waals surface area contributed by atoms with Crippen LogP contribution in [0.4, 0.5) is 0 Å². The highest BCUT2D eigenvalue weighted by Gasteiger charge is 2.39. The summed E-state index contributed by atoms with van der Waals surface area (Å²) in [7, 11) is -3.63. The maximum absolute atomic E-state index is 12.7. The molecule has 24 heavy (non-hydrogen) atoms. The molecule has 1 aliphatic rings. The number of hydrogen-bond acceptors (Lipinski definition) is 4. The van der Waals surface area contributed by atoms with Crippen molar-refractivity contribution in [2.75, 3.05) is 11.6 Å². The predicted octanol–water partition coefficient (Wildman–Crippen LogP) is 3.11. The Hall–Kier alpha value is -0.470. The van der Waals surface area contributed by atoms with Crippen molar-refractivity contribution < 1.29 is 13.2 Å². The molecule has 1 N–H and O–H groups in total. The minimum absolute atomic E-state index is 0.0164. The van der Waals surface area contributed by atoms with E-state index in [4.69, 9.17) is 23.2 Å². The number of nitrogens with one attached hydrogen (secondary N) is 1. The normalized spacial score (nSPS) is 20.1. The van der Waals surface area contributed by atoms with E-state index in [9.17, 15) is 13.2 Å². The number of carbonyl (C=O) groups is 1. The quantitative estimate of drug-likeness (QED) is 0.781. The third kappa shape index (κ3) is 4.79. The van der Waals surface area contributed by atoms with Gasteiger partial charge in [0.2, 0.25) is 15.9 Å². The first-order chi connectivity index (χ1) is 11.2. The molecule has 1 heterocycles. The van der Waals surface area contributed by atoms with E-state index in [1.165, 1.54) is 16.1 Å². The number of amides is 1. The number of benzene rings is 1. The molecule has 0 saturated carbocycles. The van der Waals surface area contributed by atoms with Crippen LogP contribution in [-0.2, 0) is 20.6 Å². The van der Waals surface area contributed by atoms with Gasteiger partial charge in [-0.25, -0.2) is 8.42 Å². The number of sulfonamides is 1. The van der Waals surface area contributed by atoms with E-state index in [2.05, 4.69) is 5.32 Å². The zero-order valence-electron chi connectivity index (χ0n) is 13.5. The molecule has 2 atom stereocenters. The zero-order valence-corrected chi connectivity index (χ0v) is 16.6. The molecular weight excluding hydrogens is 391 g/mol. The summed E-state index contributed by atoms with van der Waals surface area (Å²) >= 11 is 13.2. The van der Waals surface area contributed by atoms with E-state index in [-0.39, 0.29) is 23.6 Å². The average molecular weight is 411 g/mol. The van der Waals surface area contributed by atoms with Crippen molar-refractivity contribution >= 4 is 50.9 Å². The van der Waals surface area contributed by atoms with Crippen molar-refractivity contribution in [2.24, 2.45) is 0 Å². The van der Waals surface area contributed by atoms with Crippen LogP contribution in [0.25, 0.3) is 0 Å². The summed E-state index contributed by atoms with van der Waals surface area (Å²) in [5.41, 5.74) is 0.544. The summed E-state index contributed by atoms with van der Waals surface area (Å²) in [5.74, 6) is 0.287. The average Bonchev–Trinajstić information content (AvgIpc) is 3.01. The van der Waals surface area contributed by atoms with Crippen molar-refractivity contribution in [3.05, 3.63) is 33.8 Å². The largest absolute Gasteiger partial charge is 0.352 e. The zero-order chi connectivity index (χ0) is 17.9. The molecule has 0 spiro atoms. The molecule has 0 aromatic heterocycles. The van der Waals surface area contributed by atoms with E-state index in [1.807, 2.05) is 13.8 Å². The minimum Gasteiger partial charge on any atom is -0.352 e. The fourth-order valence-corrected chi connectivity index (χ4v) is 5.90. The van der Waals surface area contributed by atoms with Crippen LogP contribution < -0.4 is 5.32 Å². The van der Waals surface area contributed by atoms with E-state index < -0.39 is 16.1 Å². The first-order valence-electron chi connectivity index (χ1n) is 7.56. The molecular formula is C15H20Cl2N2O3S2. The second-order valence-electron chi connectivity index (χ2n) is 5.73. The highest BCUT2D eigenvalue weighted by Crippen LogP contribution is 2.28. The van der Waals surface area contributed by atoms with Gasteiger partial charge in [0.05, 0.1) is 21.7 Å². The van der Waals surface area contributed by atoms with Gasteiger partial charge in [0.1, 0.15) is 6.04 Å². The molecule has 0 aliphatic carbocycles. The molecule has 9 heteroatoms.